The van der Waals surface area contributed by atoms with Crippen molar-refractivity contribution in [1.29, 1.82) is 0 Å². The Labute approximate surface area is 142 Å². The van der Waals surface area contributed by atoms with E-state index in [1.807, 2.05) is 19.1 Å². The van der Waals surface area contributed by atoms with E-state index >= 15 is 0 Å². The van der Waals surface area contributed by atoms with Gasteiger partial charge in [0.15, 0.2) is 0 Å². The quantitative estimate of drug-likeness (QED) is 0.425. The molecule has 0 saturated carbocycles. The van der Waals surface area contributed by atoms with E-state index in [1.54, 1.807) is 13.0 Å². The SMILES string of the molecule is CC(=C/C(=O)O)/C=C/C=C(C)/C=C/C=C(\C)CCCC(C)(C)C. The molecule has 0 aromatic heterocycles. The van der Waals surface area contributed by atoms with Crippen LogP contribution < -0.4 is 0 Å². The summed E-state index contributed by atoms with van der Waals surface area (Å²) >= 11 is 0. The van der Waals surface area contributed by atoms with E-state index in [2.05, 4.69) is 45.9 Å². The second-order valence-electron chi connectivity index (χ2n) is 7.28. The van der Waals surface area contributed by atoms with Crippen LogP contribution in [0, 0.1) is 5.41 Å². The first-order chi connectivity index (χ1) is 10.6. The lowest BCUT2D eigenvalue weighted by atomic mass is 9.89. The number of carboxylic acid groups (broad SMARTS) is 1. The average Bonchev–Trinajstić information content (AvgIpc) is 2.36. The molecule has 0 amide bonds. The van der Waals surface area contributed by atoms with Gasteiger partial charge in [0.25, 0.3) is 0 Å². The molecule has 0 saturated heterocycles. The van der Waals surface area contributed by atoms with Crippen molar-refractivity contribution in [3.63, 3.8) is 0 Å². The summed E-state index contributed by atoms with van der Waals surface area (Å²) in [5, 5.41) is 8.62. The molecule has 2 nitrogen and oxygen atoms in total. The lowest BCUT2D eigenvalue weighted by molar-refractivity contribution is -0.131. The van der Waals surface area contributed by atoms with Gasteiger partial charge in [-0.25, -0.2) is 4.79 Å². The summed E-state index contributed by atoms with van der Waals surface area (Å²) in [6.07, 6.45) is 16.7. The van der Waals surface area contributed by atoms with E-state index < -0.39 is 5.97 Å². The van der Waals surface area contributed by atoms with Gasteiger partial charge in [0.1, 0.15) is 0 Å². The normalized spacial score (nSPS) is 15.0. The zero-order valence-electron chi connectivity index (χ0n) is 15.5. The first-order valence-corrected chi connectivity index (χ1v) is 8.20. The Balaban J connectivity index is 4.37. The van der Waals surface area contributed by atoms with Crippen molar-refractivity contribution in [1.82, 2.24) is 0 Å². The molecule has 0 atom stereocenters. The molecular formula is C21H32O2. The van der Waals surface area contributed by atoms with Gasteiger partial charge in [0.05, 0.1) is 0 Å². The molecule has 0 aromatic carbocycles. The standard InChI is InChI=1S/C21H32O2/c1-17(12-8-13-19(3)16-20(22)23)10-7-11-18(2)14-9-15-21(4,5)6/h7-8,10-13,16H,9,14-15H2,1-6H3,(H,22,23)/b10-7+,13-8+,17-12+,18-11+,19-16-. The Morgan fingerprint density at radius 1 is 0.957 bits per heavy atom. The average molecular weight is 316 g/mol. The molecule has 128 valence electrons. The van der Waals surface area contributed by atoms with Crippen LogP contribution in [0.1, 0.15) is 60.8 Å². The van der Waals surface area contributed by atoms with Crippen LogP contribution in [0.4, 0.5) is 0 Å². The fourth-order valence-corrected chi connectivity index (χ4v) is 2.00. The highest BCUT2D eigenvalue weighted by atomic mass is 16.4. The molecule has 0 heterocycles. The third-order valence-corrected chi connectivity index (χ3v) is 3.31. The summed E-state index contributed by atoms with van der Waals surface area (Å²) in [4.78, 5) is 10.5. The van der Waals surface area contributed by atoms with Gasteiger partial charge in [-0.2, -0.15) is 0 Å². The number of carboxylic acids is 1. The Hall–Kier alpha value is -1.83. The van der Waals surface area contributed by atoms with Crippen molar-refractivity contribution >= 4 is 5.97 Å². The molecule has 0 bridgehead atoms. The molecule has 0 unspecified atom stereocenters. The zero-order chi connectivity index (χ0) is 17.9. The molecule has 0 spiro atoms. The number of aliphatic carboxylic acids is 1. The summed E-state index contributed by atoms with van der Waals surface area (Å²) in [6, 6.07) is 0. The summed E-state index contributed by atoms with van der Waals surface area (Å²) in [5.74, 6) is -0.917. The fraction of sp³-hybridized carbons (Fsp3) is 0.476. The van der Waals surface area contributed by atoms with E-state index in [-0.39, 0.29) is 0 Å². The molecule has 0 aliphatic heterocycles. The lowest BCUT2D eigenvalue weighted by Gasteiger charge is -2.17. The van der Waals surface area contributed by atoms with Gasteiger partial charge in [0, 0.05) is 6.08 Å². The second-order valence-corrected chi connectivity index (χ2v) is 7.28. The van der Waals surface area contributed by atoms with Crippen molar-refractivity contribution in [2.45, 2.75) is 60.8 Å². The van der Waals surface area contributed by atoms with E-state index in [9.17, 15) is 4.79 Å². The highest BCUT2D eigenvalue weighted by Crippen LogP contribution is 2.22. The van der Waals surface area contributed by atoms with E-state index in [0.717, 1.165) is 17.6 Å². The van der Waals surface area contributed by atoms with Crippen molar-refractivity contribution in [2.75, 3.05) is 0 Å². The molecule has 0 radical (unpaired) electrons. The number of rotatable bonds is 8. The lowest BCUT2D eigenvalue weighted by Crippen LogP contribution is -2.03. The minimum atomic E-state index is -0.917. The van der Waals surface area contributed by atoms with Crippen LogP contribution in [0.15, 0.2) is 59.3 Å². The summed E-state index contributed by atoms with van der Waals surface area (Å²) in [6.45, 7) is 12.8. The molecule has 0 fully saturated rings. The Kier molecular flexibility index (Phi) is 9.96. The number of allylic oxidation sites excluding steroid dienone is 9. The van der Waals surface area contributed by atoms with Gasteiger partial charge >= 0.3 is 5.97 Å². The van der Waals surface area contributed by atoms with Crippen molar-refractivity contribution in [3.8, 4) is 0 Å². The summed E-state index contributed by atoms with van der Waals surface area (Å²) < 4.78 is 0. The van der Waals surface area contributed by atoms with Crippen molar-refractivity contribution in [3.05, 3.63) is 59.3 Å². The third-order valence-electron chi connectivity index (χ3n) is 3.31. The largest absolute Gasteiger partial charge is 0.478 e. The maximum absolute atomic E-state index is 10.5. The molecule has 0 aliphatic rings. The highest BCUT2D eigenvalue weighted by Gasteiger charge is 2.08. The third kappa shape index (κ3) is 14.9. The minimum Gasteiger partial charge on any atom is -0.478 e. The maximum Gasteiger partial charge on any atom is 0.328 e. The highest BCUT2D eigenvalue weighted by molar-refractivity contribution is 5.81. The van der Waals surface area contributed by atoms with Gasteiger partial charge in [-0.15, -0.1) is 0 Å². The van der Waals surface area contributed by atoms with Gasteiger partial charge in [0.2, 0.25) is 0 Å². The van der Waals surface area contributed by atoms with Crippen LogP contribution >= 0.6 is 0 Å². The van der Waals surface area contributed by atoms with Crippen molar-refractivity contribution < 1.29 is 9.90 Å². The van der Waals surface area contributed by atoms with Crippen molar-refractivity contribution in [2.24, 2.45) is 5.41 Å². The first-order valence-electron chi connectivity index (χ1n) is 8.20. The molecule has 0 aromatic rings. The smallest absolute Gasteiger partial charge is 0.328 e. The minimum absolute atomic E-state index is 0.412. The van der Waals surface area contributed by atoms with E-state index in [1.165, 1.54) is 24.5 Å². The van der Waals surface area contributed by atoms with Gasteiger partial charge in [-0.3, -0.25) is 0 Å². The van der Waals surface area contributed by atoms with E-state index in [0.29, 0.717) is 5.41 Å². The van der Waals surface area contributed by atoms with Crippen LogP contribution in [-0.2, 0) is 4.79 Å². The second kappa shape index (κ2) is 10.8. The summed E-state index contributed by atoms with van der Waals surface area (Å²) in [5.41, 5.74) is 3.66. The van der Waals surface area contributed by atoms with Gasteiger partial charge in [-0.05, 0) is 51.0 Å². The Morgan fingerprint density at radius 3 is 2.09 bits per heavy atom. The number of hydrogen-bond acceptors (Lipinski definition) is 1. The predicted molar refractivity (Wildman–Crippen MR) is 100 cm³/mol. The first kappa shape index (κ1) is 21.2. The molecule has 0 rings (SSSR count). The number of carbonyl (C=O) groups is 1. The van der Waals surface area contributed by atoms with Gasteiger partial charge in [-0.1, -0.05) is 68.4 Å². The zero-order valence-corrected chi connectivity index (χ0v) is 15.5. The summed E-state index contributed by atoms with van der Waals surface area (Å²) in [7, 11) is 0. The maximum atomic E-state index is 10.5. The van der Waals surface area contributed by atoms with Crippen LogP contribution in [0.5, 0.6) is 0 Å². The molecular weight excluding hydrogens is 284 g/mol. The van der Waals surface area contributed by atoms with Gasteiger partial charge < -0.3 is 5.11 Å². The predicted octanol–water partition coefficient (Wildman–Crippen LogP) is 6.24. The topological polar surface area (TPSA) is 37.3 Å². The van der Waals surface area contributed by atoms with Crippen LogP contribution in [-0.4, -0.2) is 11.1 Å². The molecule has 0 aliphatic carbocycles. The van der Waals surface area contributed by atoms with E-state index in [4.69, 9.17) is 5.11 Å². The molecule has 1 N–H and O–H groups in total. The Morgan fingerprint density at radius 2 is 1.52 bits per heavy atom. The number of hydrogen-bond donors (Lipinski definition) is 1. The van der Waals surface area contributed by atoms with Crippen LogP contribution in [0.3, 0.4) is 0 Å². The molecule has 2 heteroatoms. The fourth-order valence-electron chi connectivity index (χ4n) is 2.00. The van der Waals surface area contributed by atoms with Crippen LogP contribution in [0.2, 0.25) is 0 Å². The Bertz CT molecular complexity index is 521. The van der Waals surface area contributed by atoms with Crippen LogP contribution in [0.25, 0.3) is 0 Å². The molecule has 23 heavy (non-hydrogen) atoms. The monoisotopic (exact) mass is 316 g/mol.